The van der Waals surface area contributed by atoms with Gasteiger partial charge < -0.3 is 10.6 Å². The Balaban J connectivity index is 2.01. The highest BCUT2D eigenvalue weighted by molar-refractivity contribution is 5.72. The lowest BCUT2D eigenvalue weighted by molar-refractivity contribution is -0.118. The molecule has 1 aliphatic rings. The van der Waals surface area contributed by atoms with E-state index in [1.165, 1.54) is 38.8 Å². The Kier molecular flexibility index (Phi) is 5.60. The summed E-state index contributed by atoms with van der Waals surface area (Å²) in [5.74, 6) is 0.964. The highest BCUT2D eigenvalue weighted by atomic mass is 16.1. The first kappa shape index (κ1) is 11.5. The second-order valence-electron chi connectivity index (χ2n) is 4.17. The normalized spacial score (nSPS) is 22.8. The van der Waals surface area contributed by atoms with E-state index in [4.69, 9.17) is 0 Å². The van der Waals surface area contributed by atoms with Crippen molar-refractivity contribution in [2.45, 2.75) is 39.0 Å². The topological polar surface area (TPSA) is 41.1 Å². The monoisotopic (exact) mass is 198 g/mol. The molecule has 0 aromatic carbocycles. The summed E-state index contributed by atoms with van der Waals surface area (Å²) < 4.78 is 0. The Morgan fingerprint density at radius 1 is 1.43 bits per heavy atom. The number of carbonyl (C=O) groups is 1. The van der Waals surface area contributed by atoms with Crippen molar-refractivity contribution >= 4 is 5.91 Å². The second-order valence-corrected chi connectivity index (χ2v) is 4.17. The van der Waals surface area contributed by atoms with Gasteiger partial charge in [0, 0.05) is 13.5 Å². The van der Waals surface area contributed by atoms with Gasteiger partial charge in [-0.05, 0) is 51.1 Å². The summed E-state index contributed by atoms with van der Waals surface area (Å²) >= 11 is 0. The van der Waals surface area contributed by atoms with E-state index >= 15 is 0 Å². The first-order chi connectivity index (χ1) is 6.79. The summed E-state index contributed by atoms with van der Waals surface area (Å²) in [5.41, 5.74) is 0. The number of rotatable bonds is 4. The summed E-state index contributed by atoms with van der Waals surface area (Å²) in [6, 6.07) is 0. The zero-order chi connectivity index (χ0) is 10.2. The molecule has 0 aromatic rings. The van der Waals surface area contributed by atoms with Crippen molar-refractivity contribution in [2.75, 3.05) is 19.6 Å². The van der Waals surface area contributed by atoms with E-state index in [0.717, 1.165) is 18.9 Å². The summed E-state index contributed by atoms with van der Waals surface area (Å²) in [6.45, 7) is 4.78. The van der Waals surface area contributed by atoms with Crippen LogP contribution in [0.4, 0.5) is 0 Å². The van der Waals surface area contributed by atoms with Gasteiger partial charge >= 0.3 is 0 Å². The largest absolute Gasteiger partial charge is 0.356 e. The predicted molar refractivity (Wildman–Crippen MR) is 58.1 cm³/mol. The van der Waals surface area contributed by atoms with Gasteiger partial charge in [0.1, 0.15) is 0 Å². The zero-order valence-corrected chi connectivity index (χ0v) is 9.14. The number of carbonyl (C=O) groups excluding carboxylic acids is 1. The lowest BCUT2D eigenvalue weighted by Crippen LogP contribution is -2.21. The Hall–Kier alpha value is -0.570. The maximum absolute atomic E-state index is 10.6. The first-order valence-corrected chi connectivity index (χ1v) is 5.74. The maximum Gasteiger partial charge on any atom is 0.216 e. The van der Waals surface area contributed by atoms with E-state index in [2.05, 4.69) is 10.6 Å². The van der Waals surface area contributed by atoms with Crippen LogP contribution in [-0.4, -0.2) is 25.5 Å². The molecule has 0 bridgehead atoms. The molecular weight excluding hydrogens is 176 g/mol. The molecule has 1 aliphatic heterocycles. The molecule has 1 unspecified atom stereocenters. The van der Waals surface area contributed by atoms with Gasteiger partial charge in [-0.3, -0.25) is 4.79 Å². The van der Waals surface area contributed by atoms with Crippen molar-refractivity contribution in [3.05, 3.63) is 0 Å². The third kappa shape index (κ3) is 5.22. The van der Waals surface area contributed by atoms with Gasteiger partial charge in [0.05, 0.1) is 0 Å². The van der Waals surface area contributed by atoms with Crippen LogP contribution < -0.4 is 10.6 Å². The molecule has 0 aliphatic carbocycles. The summed E-state index contributed by atoms with van der Waals surface area (Å²) in [6.07, 6.45) is 6.37. The number of hydrogen-bond donors (Lipinski definition) is 2. The Morgan fingerprint density at radius 2 is 2.29 bits per heavy atom. The Bertz CT molecular complexity index is 163. The average molecular weight is 198 g/mol. The van der Waals surface area contributed by atoms with Gasteiger partial charge in [-0.1, -0.05) is 0 Å². The highest BCUT2D eigenvalue weighted by Crippen LogP contribution is 2.18. The minimum absolute atomic E-state index is 0.0903. The number of hydrogen-bond acceptors (Lipinski definition) is 2. The van der Waals surface area contributed by atoms with Crippen molar-refractivity contribution in [1.82, 2.24) is 10.6 Å². The molecule has 3 heteroatoms. The molecule has 0 spiro atoms. The van der Waals surface area contributed by atoms with Crippen LogP contribution in [0.2, 0.25) is 0 Å². The van der Waals surface area contributed by atoms with E-state index < -0.39 is 0 Å². The summed E-state index contributed by atoms with van der Waals surface area (Å²) in [5, 5.41) is 6.26. The average Bonchev–Trinajstić information content (AvgIpc) is 2.40. The number of nitrogens with one attached hydrogen (secondary N) is 2. The first-order valence-electron chi connectivity index (χ1n) is 5.74. The summed E-state index contributed by atoms with van der Waals surface area (Å²) in [7, 11) is 0. The fourth-order valence-corrected chi connectivity index (χ4v) is 2.04. The standard InChI is InChI=1S/C11H22N2O/c1-10(14)13-8-3-5-11-4-2-7-12-9-6-11/h11-12H,2-9H2,1H3,(H,13,14). The minimum Gasteiger partial charge on any atom is -0.356 e. The number of amides is 1. The van der Waals surface area contributed by atoms with Crippen molar-refractivity contribution in [1.29, 1.82) is 0 Å². The molecule has 3 nitrogen and oxygen atoms in total. The molecule has 0 radical (unpaired) electrons. The molecule has 1 amide bonds. The quantitative estimate of drug-likeness (QED) is 0.668. The molecule has 1 rings (SSSR count). The van der Waals surface area contributed by atoms with Crippen LogP contribution in [0.25, 0.3) is 0 Å². The Morgan fingerprint density at radius 3 is 3.07 bits per heavy atom. The predicted octanol–water partition coefficient (Wildman–Crippen LogP) is 1.29. The van der Waals surface area contributed by atoms with Crippen LogP contribution in [0, 0.1) is 5.92 Å². The van der Waals surface area contributed by atoms with Gasteiger partial charge in [-0.2, -0.15) is 0 Å². The fourth-order valence-electron chi connectivity index (χ4n) is 2.04. The van der Waals surface area contributed by atoms with Crippen LogP contribution >= 0.6 is 0 Å². The smallest absolute Gasteiger partial charge is 0.216 e. The molecular formula is C11H22N2O. The zero-order valence-electron chi connectivity index (χ0n) is 9.14. The SMILES string of the molecule is CC(=O)NCCCC1CCCNCC1. The van der Waals surface area contributed by atoms with Crippen LogP contribution in [0.15, 0.2) is 0 Å². The minimum atomic E-state index is 0.0903. The van der Waals surface area contributed by atoms with Crippen LogP contribution in [0.3, 0.4) is 0 Å². The molecule has 1 saturated heterocycles. The molecule has 1 heterocycles. The van der Waals surface area contributed by atoms with E-state index in [1.54, 1.807) is 6.92 Å². The van der Waals surface area contributed by atoms with Gasteiger partial charge in [-0.15, -0.1) is 0 Å². The molecule has 0 aromatic heterocycles. The van der Waals surface area contributed by atoms with E-state index in [0.29, 0.717) is 0 Å². The highest BCUT2D eigenvalue weighted by Gasteiger charge is 2.10. The molecule has 1 atom stereocenters. The Labute approximate surface area is 86.6 Å². The third-order valence-corrected chi connectivity index (χ3v) is 2.86. The van der Waals surface area contributed by atoms with Crippen LogP contribution in [0.1, 0.15) is 39.0 Å². The van der Waals surface area contributed by atoms with Gasteiger partial charge in [0.25, 0.3) is 0 Å². The fraction of sp³-hybridized carbons (Fsp3) is 0.909. The third-order valence-electron chi connectivity index (χ3n) is 2.86. The van der Waals surface area contributed by atoms with Crippen LogP contribution in [0.5, 0.6) is 0 Å². The van der Waals surface area contributed by atoms with Crippen molar-refractivity contribution in [2.24, 2.45) is 5.92 Å². The molecule has 82 valence electrons. The van der Waals surface area contributed by atoms with E-state index in [9.17, 15) is 4.79 Å². The van der Waals surface area contributed by atoms with Gasteiger partial charge in [0.2, 0.25) is 5.91 Å². The molecule has 1 fully saturated rings. The van der Waals surface area contributed by atoms with Crippen molar-refractivity contribution in [3.8, 4) is 0 Å². The molecule has 2 N–H and O–H groups in total. The van der Waals surface area contributed by atoms with E-state index in [1.807, 2.05) is 0 Å². The van der Waals surface area contributed by atoms with Gasteiger partial charge in [0.15, 0.2) is 0 Å². The molecule has 14 heavy (non-hydrogen) atoms. The second kappa shape index (κ2) is 6.82. The summed E-state index contributed by atoms with van der Waals surface area (Å²) in [4.78, 5) is 10.6. The van der Waals surface area contributed by atoms with Crippen molar-refractivity contribution in [3.63, 3.8) is 0 Å². The van der Waals surface area contributed by atoms with E-state index in [-0.39, 0.29) is 5.91 Å². The lowest BCUT2D eigenvalue weighted by atomic mass is 9.95. The lowest BCUT2D eigenvalue weighted by Gasteiger charge is -2.12. The maximum atomic E-state index is 10.6. The van der Waals surface area contributed by atoms with Crippen molar-refractivity contribution < 1.29 is 4.79 Å². The van der Waals surface area contributed by atoms with Gasteiger partial charge in [-0.25, -0.2) is 0 Å². The molecule has 0 saturated carbocycles. The van der Waals surface area contributed by atoms with Crippen LogP contribution in [-0.2, 0) is 4.79 Å².